The first-order valence-corrected chi connectivity index (χ1v) is 9.39. The molecule has 7 heteroatoms. The molecule has 28 heavy (non-hydrogen) atoms. The highest BCUT2D eigenvalue weighted by Crippen LogP contribution is 2.27. The Morgan fingerprint density at radius 1 is 1.04 bits per heavy atom. The van der Waals surface area contributed by atoms with Crippen molar-refractivity contribution in [3.05, 3.63) is 84.4 Å². The van der Waals surface area contributed by atoms with E-state index in [2.05, 4.69) is 15.3 Å². The molecule has 0 saturated heterocycles. The quantitative estimate of drug-likeness (QED) is 0.473. The smallest absolute Gasteiger partial charge is 0.257 e. The van der Waals surface area contributed by atoms with E-state index in [4.69, 9.17) is 0 Å². The lowest BCUT2D eigenvalue weighted by molar-refractivity contribution is 0.102. The van der Waals surface area contributed by atoms with Crippen molar-refractivity contribution in [3.63, 3.8) is 0 Å². The minimum atomic E-state index is -0.326. The van der Waals surface area contributed by atoms with Gasteiger partial charge in [0.25, 0.3) is 5.91 Å². The summed E-state index contributed by atoms with van der Waals surface area (Å²) in [5.41, 5.74) is 3.66. The number of hydrogen-bond acceptors (Lipinski definition) is 4. The van der Waals surface area contributed by atoms with Gasteiger partial charge in [0.05, 0.1) is 15.9 Å². The monoisotopic (exact) mass is 388 g/mol. The summed E-state index contributed by atoms with van der Waals surface area (Å²) in [6, 6.07) is 17.7. The van der Waals surface area contributed by atoms with Crippen LogP contribution in [0.25, 0.3) is 27.1 Å². The fourth-order valence-corrected chi connectivity index (χ4v) is 3.88. The maximum absolute atomic E-state index is 13.3. The number of halogens is 1. The van der Waals surface area contributed by atoms with Crippen LogP contribution in [0.2, 0.25) is 0 Å². The van der Waals surface area contributed by atoms with Gasteiger partial charge in [0.15, 0.2) is 5.13 Å². The van der Waals surface area contributed by atoms with Crippen LogP contribution in [0.5, 0.6) is 0 Å². The second-order valence-corrected chi connectivity index (χ2v) is 7.29. The van der Waals surface area contributed by atoms with Crippen molar-refractivity contribution in [3.8, 4) is 11.3 Å². The molecule has 3 heterocycles. The van der Waals surface area contributed by atoms with Crippen molar-refractivity contribution >= 4 is 38.2 Å². The van der Waals surface area contributed by atoms with Gasteiger partial charge < -0.3 is 4.40 Å². The van der Waals surface area contributed by atoms with Gasteiger partial charge in [-0.2, -0.15) is 0 Å². The van der Waals surface area contributed by atoms with E-state index in [1.165, 1.54) is 23.5 Å². The average Bonchev–Trinajstić information content (AvgIpc) is 3.31. The Morgan fingerprint density at radius 2 is 1.89 bits per heavy atom. The number of carbonyl (C=O) groups excluding carboxylic acids is 1. The van der Waals surface area contributed by atoms with E-state index in [-0.39, 0.29) is 11.7 Å². The van der Waals surface area contributed by atoms with E-state index < -0.39 is 0 Å². The summed E-state index contributed by atoms with van der Waals surface area (Å²) < 4.78 is 15.9. The van der Waals surface area contributed by atoms with E-state index in [0.717, 1.165) is 11.3 Å². The van der Waals surface area contributed by atoms with Crippen molar-refractivity contribution in [2.45, 2.75) is 0 Å². The molecule has 0 aliphatic heterocycles. The summed E-state index contributed by atoms with van der Waals surface area (Å²) in [6.07, 6.45) is 3.73. The van der Waals surface area contributed by atoms with Gasteiger partial charge in [-0.25, -0.2) is 14.4 Å². The Bertz CT molecular complexity index is 1330. The lowest BCUT2D eigenvalue weighted by Crippen LogP contribution is -2.11. The van der Waals surface area contributed by atoms with Gasteiger partial charge in [-0.15, -0.1) is 0 Å². The molecule has 2 aromatic carbocycles. The maximum Gasteiger partial charge on any atom is 0.257 e. The lowest BCUT2D eigenvalue weighted by atomic mass is 10.2. The highest BCUT2D eigenvalue weighted by atomic mass is 32.1. The maximum atomic E-state index is 13.3. The standard InChI is InChI=1S/C21H13FN4OS/c22-15-6-7-16-18(11-15)28-21(24-16)25-20(27)14-8-9-26-12-17(23-19(26)10-14)13-4-2-1-3-5-13/h1-12H,(H,24,25,27). The number of nitrogens with zero attached hydrogens (tertiary/aromatic N) is 3. The number of nitrogens with one attached hydrogen (secondary N) is 1. The third kappa shape index (κ3) is 3.01. The van der Waals surface area contributed by atoms with E-state index in [1.54, 1.807) is 24.4 Å². The highest BCUT2D eigenvalue weighted by molar-refractivity contribution is 7.22. The third-order valence-corrected chi connectivity index (χ3v) is 5.30. The molecule has 0 radical (unpaired) electrons. The van der Waals surface area contributed by atoms with E-state index >= 15 is 0 Å². The Morgan fingerprint density at radius 3 is 2.75 bits per heavy atom. The minimum absolute atomic E-state index is 0.286. The first kappa shape index (κ1) is 16.6. The van der Waals surface area contributed by atoms with Crippen LogP contribution in [0.1, 0.15) is 10.4 Å². The predicted octanol–water partition coefficient (Wildman–Crippen LogP) is 5.00. The fraction of sp³-hybridized carbons (Fsp3) is 0. The first-order chi connectivity index (χ1) is 13.7. The molecule has 3 aromatic heterocycles. The van der Waals surface area contributed by atoms with E-state index in [0.29, 0.717) is 26.6 Å². The second kappa shape index (κ2) is 6.54. The Labute approximate surface area is 163 Å². The molecule has 136 valence electrons. The molecule has 0 aliphatic rings. The molecule has 5 aromatic rings. The summed E-state index contributed by atoms with van der Waals surface area (Å²) in [6.45, 7) is 0. The van der Waals surface area contributed by atoms with Crippen LogP contribution in [0.3, 0.4) is 0 Å². The molecule has 0 aliphatic carbocycles. The summed E-state index contributed by atoms with van der Waals surface area (Å²) in [4.78, 5) is 21.6. The first-order valence-electron chi connectivity index (χ1n) is 8.57. The van der Waals surface area contributed by atoms with Crippen LogP contribution in [0.15, 0.2) is 73.1 Å². The SMILES string of the molecule is O=C(Nc1nc2ccc(F)cc2s1)c1ccn2cc(-c3ccccc3)nc2c1. The molecule has 0 unspecified atom stereocenters. The number of benzene rings is 2. The number of pyridine rings is 1. The minimum Gasteiger partial charge on any atom is -0.306 e. The van der Waals surface area contributed by atoms with Crippen LogP contribution in [-0.4, -0.2) is 20.3 Å². The zero-order valence-corrected chi connectivity index (χ0v) is 15.3. The van der Waals surface area contributed by atoms with Gasteiger partial charge in [0, 0.05) is 23.5 Å². The zero-order valence-electron chi connectivity index (χ0n) is 14.5. The van der Waals surface area contributed by atoms with Gasteiger partial charge in [-0.3, -0.25) is 10.1 Å². The molecule has 0 bridgehead atoms. The van der Waals surface area contributed by atoms with Crippen LogP contribution in [0.4, 0.5) is 9.52 Å². The van der Waals surface area contributed by atoms with Crippen LogP contribution in [0, 0.1) is 5.82 Å². The number of anilines is 1. The molecule has 5 nitrogen and oxygen atoms in total. The number of thiazole rings is 1. The molecular weight excluding hydrogens is 375 g/mol. The average molecular weight is 388 g/mol. The second-order valence-electron chi connectivity index (χ2n) is 6.26. The summed E-state index contributed by atoms with van der Waals surface area (Å²) in [5.74, 6) is -0.612. The topological polar surface area (TPSA) is 59.3 Å². The number of carbonyl (C=O) groups is 1. The molecule has 0 spiro atoms. The van der Waals surface area contributed by atoms with E-state index in [9.17, 15) is 9.18 Å². The summed E-state index contributed by atoms with van der Waals surface area (Å²) in [5, 5.41) is 3.21. The Balaban J connectivity index is 1.43. The van der Waals surface area contributed by atoms with Gasteiger partial charge >= 0.3 is 0 Å². The van der Waals surface area contributed by atoms with Gasteiger partial charge in [0.1, 0.15) is 11.5 Å². The summed E-state index contributed by atoms with van der Waals surface area (Å²) >= 11 is 1.24. The van der Waals surface area contributed by atoms with Gasteiger partial charge in [-0.1, -0.05) is 41.7 Å². The van der Waals surface area contributed by atoms with Crippen molar-refractivity contribution in [1.82, 2.24) is 14.4 Å². The number of rotatable bonds is 3. The van der Waals surface area contributed by atoms with E-state index in [1.807, 2.05) is 40.9 Å². The largest absolute Gasteiger partial charge is 0.306 e. The Hall–Kier alpha value is -3.58. The summed E-state index contributed by atoms with van der Waals surface area (Å²) in [7, 11) is 0. The van der Waals surface area contributed by atoms with Crippen LogP contribution < -0.4 is 5.32 Å². The molecule has 1 N–H and O–H groups in total. The Kier molecular flexibility index (Phi) is 3.87. The lowest BCUT2D eigenvalue weighted by Gasteiger charge is -2.02. The third-order valence-electron chi connectivity index (χ3n) is 4.36. The van der Waals surface area contributed by atoms with Crippen LogP contribution in [-0.2, 0) is 0 Å². The molecule has 1 amide bonds. The molecule has 5 rings (SSSR count). The van der Waals surface area contributed by atoms with Crippen molar-refractivity contribution in [2.75, 3.05) is 5.32 Å². The van der Waals surface area contributed by atoms with Gasteiger partial charge in [-0.05, 0) is 30.3 Å². The predicted molar refractivity (Wildman–Crippen MR) is 108 cm³/mol. The fourth-order valence-electron chi connectivity index (χ4n) is 2.99. The van der Waals surface area contributed by atoms with Crippen molar-refractivity contribution in [2.24, 2.45) is 0 Å². The number of aromatic nitrogens is 3. The zero-order chi connectivity index (χ0) is 19.1. The van der Waals surface area contributed by atoms with Crippen molar-refractivity contribution in [1.29, 1.82) is 0 Å². The molecular formula is C21H13FN4OS. The molecule has 0 atom stereocenters. The number of fused-ring (bicyclic) bond motifs is 2. The number of hydrogen-bond donors (Lipinski definition) is 1. The van der Waals surface area contributed by atoms with Crippen molar-refractivity contribution < 1.29 is 9.18 Å². The number of amides is 1. The normalized spacial score (nSPS) is 11.2. The molecule has 0 saturated carbocycles. The number of imidazole rings is 1. The van der Waals surface area contributed by atoms with Crippen LogP contribution >= 0.6 is 11.3 Å². The van der Waals surface area contributed by atoms with Gasteiger partial charge in [0.2, 0.25) is 0 Å². The molecule has 0 fully saturated rings. The highest BCUT2D eigenvalue weighted by Gasteiger charge is 2.12.